The summed E-state index contributed by atoms with van der Waals surface area (Å²) in [6.07, 6.45) is 0. The Hall–Kier alpha value is -0.530. The molecule has 0 radical (unpaired) electrons. The molecule has 0 aromatic rings. The van der Waals surface area contributed by atoms with Gasteiger partial charge in [-0.25, -0.2) is 0 Å². The van der Waals surface area contributed by atoms with Gasteiger partial charge in [0.25, 0.3) is 0 Å². The minimum atomic E-state index is 0.206. The molecule has 0 aromatic heterocycles. The normalized spacial score (nSPS) is 26.0. The lowest BCUT2D eigenvalue weighted by Gasteiger charge is -2.00. The van der Waals surface area contributed by atoms with Crippen LogP contribution in [0.5, 0.6) is 0 Å². The maximum atomic E-state index is 10.7. The van der Waals surface area contributed by atoms with E-state index in [4.69, 9.17) is 0 Å². The van der Waals surface area contributed by atoms with Crippen molar-refractivity contribution in [1.29, 1.82) is 0 Å². The van der Waals surface area contributed by atoms with Crippen LogP contribution in [0.1, 0.15) is 41.5 Å². The third-order valence-corrected chi connectivity index (χ3v) is 1.87. The Kier molecular flexibility index (Phi) is 10.0. The third-order valence-electron chi connectivity index (χ3n) is 1.87. The molecule has 2 heteroatoms. The first-order chi connectivity index (χ1) is 5.72. The molecule has 0 bridgehead atoms. The SMILES string of the molecule is CC.CC.CC1CNC(=O)C1C. The van der Waals surface area contributed by atoms with Crippen LogP contribution in [0, 0.1) is 11.8 Å². The standard InChI is InChI=1S/C6H11NO.2C2H6/c1-4-3-7-6(8)5(4)2;2*1-2/h4-5H,3H2,1-2H3,(H,7,8);2*1-2H3. The summed E-state index contributed by atoms with van der Waals surface area (Å²) in [6.45, 7) is 12.9. The van der Waals surface area contributed by atoms with Gasteiger partial charge < -0.3 is 5.32 Å². The van der Waals surface area contributed by atoms with Crippen molar-refractivity contribution in [2.45, 2.75) is 41.5 Å². The number of carbonyl (C=O) groups excluding carboxylic acids is 1. The molecule has 2 unspecified atom stereocenters. The van der Waals surface area contributed by atoms with Crippen molar-refractivity contribution in [1.82, 2.24) is 5.32 Å². The van der Waals surface area contributed by atoms with Crippen molar-refractivity contribution in [3.8, 4) is 0 Å². The molecule has 1 fully saturated rings. The van der Waals surface area contributed by atoms with Crippen LogP contribution in [0.4, 0.5) is 0 Å². The van der Waals surface area contributed by atoms with Gasteiger partial charge in [-0.1, -0.05) is 41.5 Å². The first kappa shape index (κ1) is 14.0. The average Bonchev–Trinajstić information content (AvgIpc) is 2.43. The molecule has 2 nitrogen and oxygen atoms in total. The number of rotatable bonds is 0. The molecule has 1 heterocycles. The zero-order valence-electron chi connectivity index (χ0n) is 9.27. The molecule has 1 amide bonds. The van der Waals surface area contributed by atoms with E-state index in [1.807, 2.05) is 34.6 Å². The Bertz CT molecular complexity index is 112. The molecule has 0 spiro atoms. The predicted molar refractivity (Wildman–Crippen MR) is 54.0 cm³/mol. The van der Waals surface area contributed by atoms with E-state index in [9.17, 15) is 4.79 Å². The van der Waals surface area contributed by atoms with Gasteiger partial charge in [0.05, 0.1) is 0 Å². The molecular formula is C10H23NO. The fourth-order valence-electron chi connectivity index (χ4n) is 0.858. The zero-order valence-corrected chi connectivity index (χ0v) is 9.27. The van der Waals surface area contributed by atoms with Gasteiger partial charge in [-0.15, -0.1) is 0 Å². The third kappa shape index (κ3) is 4.37. The molecule has 1 aliphatic heterocycles. The lowest BCUT2D eigenvalue weighted by molar-refractivity contribution is -0.122. The molecule has 74 valence electrons. The van der Waals surface area contributed by atoms with E-state index < -0.39 is 0 Å². The van der Waals surface area contributed by atoms with Crippen molar-refractivity contribution in [2.75, 3.05) is 6.54 Å². The zero-order chi connectivity index (χ0) is 10.1. The van der Waals surface area contributed by atoms with Crippen LogP contribution in [0.25, 0.3) is 0 Å². The Morgan fingerprint density at radius 2 is 1.58 bits per heavy atom. The summed E-state index contributed by atoms with van der Waals surface area (Å²) < 4.78 is 0. The Balaban J connectivity index is 0. The first-order valence-corrected chi connectivity index (χ1v) is 4.99. The molecule has 1 saturated heterocycles. The van der Waals surface area contributed by atoms with E-state index in [0.717, 1.165) is 6.54 Å². The van der Waals surface area contributed by atoms with Crippen molar-refractivity contribution >= 4 is 5.91 Å². The molecule has 0 saturated carbocycles. The monoisotopic (exact) mass is 173 g/mol. The highest BCUT2D eigenvalue weighted by molar-refractivity contribution is 5.80. The van der Waals surface area contributed by atoms with E-state index in [2.05, 4.69) is 12.2 Å². The minimum Gasteiger partial charge on any atom is -0.356 e. The maximum absolute atomic E-state index is 10.7. The van der Waals surface area contributed by atoms with Gasteiger partial charge in [0.1, 0.15) is 0 Å². The quantitative estimate of drug-likeness (QED) is 0.599. The largest absolute Gasteiger partial charge is 0.356 e. The van der Waals surface area contributed by atoms with Gasteiger partial charge in [-0.05, 0) is 5.92 Å². The topological polar surface area (TPSA) is 29.1 Å². The number of hydrogen-bond donors (Lipinski definition) is 1. The summed E-state index contributed by atoms with van der Waals surface area (Å²) in [5, 5.41) is 2.78. The van der Waals surface area contributed by atoms with Crippen LogP contribution < -0.4 is 5.32 Å². The Labute approximate surface area is 76.7 Å². The van der Waals surface area contributed by atoms with Crippen LogP contribution in [0.15, 0.2) is 0 Å². The van der Waals surface area contributed by atoms with E-state index in [0.29, 0.717) is 5.92 Å². The summed E-state index contributed by atoms with van der Waals surface area (Å²) >= 11 is 0. The van der Waals surface area contributed by atoms with E-state index in [1.165, 1.54) is 0 Å². The summed E-state index contributed by atoms with van der Waals surface area (Å²) in [4.78, 5) is 10.7. The second-order valence-electron chi connectivity index (χ2n) is 2.51. The highest BCUT2D eigenvalue weighted by Gasteiger charge is 2.26. The molecular weight excluding hydrogens is 150 g/mol. The minimum absolute atomic E-state index is 0.206. The molecule has 12 heavy (non-hydrogen) atoms. The van der Waals surface area contributed by atoms with Crippen molar-refractivity contribution in [3.63, 3.8) is 0 Å². The second kappa shape index (κ2) is 8.57. The Morgan fingerprint density at radius 3 is 1.67 bits per heavy atom. The van der Waals surface area contributed by atoms with Gasteiger partial charge in [0.15, 0.2) is 0 Å². The summed E-state index contributed by atoms with van der Waals surface area (Å²) in [5.74, 6) is 0.968. The lowest BCUT2D eigenvalue weighted by atomic mass is 10.0. The van der Waals surface area contributed by atoms with Gasteiger partial charge in [-0.3, -0.25) is 4.79 Å². The smallest absolute Gasteiger partial charge is 0.223 e. The molecule has 1 aliphatic rings. The van der Waals surface area contributed by atoms with Crippen LogP contribution in [0.2, 0.25) is 0 Å². The van der Waals surface area contributed by atoms with Gasteiger partial charge in [-0.2, -0.15) is 0 Å². The van der Waals surface area contributed by atoms with E-state index in [-0.39, 0.29) is 11.8 Å². The van der Waals surface area contributed by atoms with Crippen LogP contribution in [-0.2, 0) is 4.79 Å². The molecule has 0 aromatic carbocycles. The summed E-state index contributed by atoms with van der Waals surface area (Å²) in [7, 11) is 0. The fourth-order valence-corrected chi connectivity index (χ4v) is 0.858. The van der Waals surface area contributed by atoms with Crippen LogP contribution >= 0.6 is 0 Å². The van der Waals surface area contributed by atoms with Crippen molar-refractivity contribution < 1.29 is 4.79 Å². The summed E-state index contributed by atoms with van der Waals surface area (Å²) in [6, 6.07) is 0. The maximum Gasteiger partial charge on any atom is 0.223 e. The highest BCUT2D eigenvalue weighted by Crippen LogP contribution is 2.14. The lowest BCUT2D eigenvalue weighted by Crippen LogP contribution is -2.16. The van der Waals surface area contributed by atoms with Crippen molar-refractivity contribution in [3.05, 3.63) is 0 Å². The summed E-state index contributed by atoms with van der Waals surface area (Å²) in [5.41, 5.74) is 0. The number of hydrogen-bond acceptors (Lipinski definition) is 1. The number of amides is 1. The Morgan fingerprint density at radius 1 is 1.17 bits per heavy atom. The second-order valence-corrected chi connectivity index (χ2v) is 2.51. The van der Waals surface area contributed by atoms with Gasteiger partial charge in [0.2, 0.25) is 5.91 Å². The molecule has 1 N–H and O–H groups in total. The van der Waals surface area contributed by atoms with Crippen molar-refractivity contribution in [2.24, 2.45) is 11.8 Å². The number of carbonyl (C=O) groups is 1. The van der Waals surface area contributed by atoms with Gasteiger partial charge in [0, 0.05) is 12.5 Å². The molecule has 2 atom stereocenters. The first-order valence-electron chi connectivity index (χ1n) is 4.99. The van der Waals surface area contributed by atoms with Gasteiger partial charge >= 0.3 is 0 Å². The van der Waals surface area contributed by atoms with Crippen LogP contribution in [0.3, 0.4) is 0 Å². The fraction of sp³-hybridized carbons (Fsp3) is 0.900. The molecule has 0 aliphatic carbocycles. The van der Waals surface area contributed by atoms with Crippen LogP contribution in [-0.4, -0.2) is 12.5 Å². The highest BCUT2D eigenvalue weighted by atomic mass is 16.2. The van der Waals surface area contributed by atoms with E-state index >= 15 is 0 Å². The molecule has 1 rings (SSSR count). The number of nitrogens with one attached hydrogen (secondary N) is 1. The predicted octanol–water partition coefficient (Wildman–Crippen LogP) is 2.44. The average molecular weight is 173 g/mol. The van der Waals surface area contributed by atoms with E-state index in [1.54, 1.807) is 0 Å².